The van der Waals surface area contributed by atoms with E-state index in [2.05, 4.69) is 70.4 Å². The highest BCUT2D eigenvalue weighted by atomic mass is 14.9. The molecule has 1 aromatic rings. The monoisotopic (exact) mass is 290 g/mol. The molecule has 0 amide bonds. The van der Waals surface area contributed by atoms with Crippen molar-refractivity contribution in [2.24, 2.45) is 5.92 Å². The predicted molar refractivity (Wildman–Crippen MR) is 93.6 cm³/mol. The van der Waals surface area contributed by atoms with Gasteiger partial charge in [-0.1, -0.05) is 59.7 Å². The molecule has 0 bridgehead atoms. The second-order valence-corrected chi connectivity index (χ2v) is 7.16. The lowest BCUT2D eigenvalue weighted by Crippen LogP contribution is -2.23. The number of aryl methyl sites for hydroxylation is 1. The summed E-state index contributed by atoms with van der Waals surface area (Å²) in [6.45, 7) is 15.3. The number of benzene rings is 1. The zero-order chi connectivity index (χ0) is 15.8. The van der Waals surface area contributed by atoms with Crippen molar-refractivity contribution in [3.05, 3.63) is 34.9 Å². The number of rotatable bonds is 9. The van der Waals surface area contributed by atoms with Gasteiger partial charge < -0.3 is 10.6 Å². The molecule has 0 aromatic heterocycles. The van der Waals surface area contributed by atoms with Gasteiger partial charge in [-0.05, 0) is 35.4 Å². The average molecular weight is 290 g/mol. The van der Waals surface area contributed by atoms with Crippen LogP contribution < -0.4 is 10.6 Å². The Morgan fingerprint density at radius 3 is 1.52 bits per heavy atom. The highest BCUT2D eigenvalue weighted by molar-refractivity contribution is 5.30. The van der Waals surface area contributed by atoms with E-state index in [1.807, 2.05) is 0 Å². The molecule has 120 valence electrons. The van der Waals surface area contributed by atoms with Gasteiger partial charge in [-0.2, -0.15) is 0 Å². The van der Waals surface area contributed by atoms with Gasteiger partial charge >= 0.3 is 0 Å². The molecule has 0 aliphatic carbocycles. The van der Waals surface area contributed by atoms with Gasteiger partial charge in [0.25, 0.3) is 0 Å². The van der Waals surface area contributed by atoms with Gasteiger partial charge in [0.1, 0.15) is 0 Å². The van der Waals surface area contributed by atoms with Crippen molar-refractivity contribution in [2.45, 2.75) is 79.6 Å². The molecule has 0 aliphatic heterocycles. The molecule has 1 rings (SSSR count). The summed E-state index contributed by atoms with van der Waals surface area (Å²) < 4.78 is 0. The third-order valence-corrected chi connectivity index (χ3v) is 3.55. The Morgan fingerprint density at radius 2 is 1.14 bits per heavy atom. The molecule has 0 heterocycles. The molecule has 2 N–H and O–H groups in total. The predicted octanol–water partition coefficient (Wildman–Crippen LogP) is 4.27. The van der Waals surface area contributed by atoms with Crippen molar-refractivity contribution in [2.75, 3.05) is 0 Å². The van der Waals surface area contributed by atoms with Crippen LogP contribution in [0.3, 0.4) is 0 Å². The summed E-state index contributed by atoms with van der Waals surface area (Å²) in [5.41, 5.74) is 4.29. The molecule has 0 radical (unpaired) electrons. The van der Waals surface area contributed by atoms with Crippen LogP contribution in [0, 0.1) is 5.92 Å². The second-order valence-electron chi connectivity index (χ2n) is 7.16. The Kier molecular flexibility index (Phi) is 7.98. The molecule has 21 heavy (non-hydrogen) atoms. The minimum atomic E-state index is 0.529. The van der Waals surface area contributed by atoms with Crippen LogP contribution in [0.1, 0.15) is 64.7 Å². The van der Waals surface area contributed by atoms with Crippen LogP contribution in [0.25, 0.3) is 0 Å². The SMILES string of the molecule is CC(C)CCc1cc(CNC(C)C)cc(CNC(C)C)c1. The quantitative estimate of drug-likeness (QED) is 0.709. The molecular formula is C19H34N2. The van der Waals surface area contributed by atoms with Crippen LogP contribution in [-0.4, -0.2) is 12.1 Å². The van der Waals surface area contributed by atoms with Gasteiger partial charge in [-0.3, -0.25) is 0 Å². The molecule has 0 saturated carbocycles. The minimum Gasteiger partial charge on any atom is -0.310 e. The van der Waals surface area contributed by atoms with Crippen LogP contribution in [0.4, 0.5) is 0 Å². The summed E-state index contributed by atoms with van der Waals surface area (Å²) in [5.74, 6) is 0.764. The maximum atomic E-state index is 3.53. The molecule has 0 spiro atoms. The number of nitrogens with one attached hydrogen (secondary N) is 2. The van der Waals surface area contributed by atoms with Crippen LogP contribution in [0.2, 0.25) is 0 Å². The molecule has 0 atom stereocenters. The Labute approximate surface area is 131 Å². The molecule has 0 aliphatic rings. The van der Waals surface area contributed by atoms with E-state index in [0.717, 1.165) is 19.0 Å². The molecule has 0 saturated heterocycles. The lowest BCUT2D eigenvalue weighted by Gasteiger charge is -2.14. The van der Waals surface area contributed by atoms with Crippen LogP contribution >= 0.6 is 0 Å². The fourth-order valence-electron chi connectivity index (χ4n) is 2.29. The van der Waals surface area contributed by atoms with E-state index in [-0.39, 0.29) is 0 Å². The fraction of sp³-hybridized carbons (Fsp3) is 0.684. The van der Waals surface area contributed by atoms with Crippen LogP contribution in [0.5, 0.6) is 0 Å². The van der Waals surface area contributed by atoms with Gasteiger partial charge in [-0.25, -0.2) is 0 Å². The zero-order valence-electron chi connectivity index (χ0n) is 14.8. The van der Waals surface area contributed by atoms with E-state index < -0.39 is 0 Å². The summed E-state index contributed by atoms with van der Waals surface area (Å²) in [6, 6.07) is 8.14. The molecule has 0 unspecified atom stereocenters. The lowest BCUT2D eigenvalue weighted by atomic mass is 9.98. The Hall–Kier alpha value is -0.860. The second kappa shape index (κ2) is 9.22. The van der Waals surface area contributed by atoms with Crippen molar-refractivity contribution in [3.8, 4) is 0 Å². The first kappa shape index (κ1) is 18.2. The van der Waals surface area contributed by atoms with Crippen molar-refractivity contribution in [3.63, 3.8) is 0 Å². The van der Waals surface area contributed by atoms with E-state index in [4.69, 9.17) is 0 Å². The molecule has 2 nitrogen and oxygen atoms in total. The van der Waals surface area contributed by atoms with E-state index >= 15 is 0 Å². The van der Waals surface area contributed by atoms with E-state index in [1.165, 1.54) is 29.5 Å². The van der Waals surface area contributed by atoms with Gasteiger partial charge in [-0.15, -0.1) is 0 Å². The van der Waals surface area contributed by atoms with Crippen molar-refractivity contribution < 1.29 is 0 Å². The van der Waals surface area contributed by atoms with E-state index in [1.54, 1.807) is 0 Å². The minimum absolute atomic E-state index is 0.529. The normalized spacial score (nSPS) is 11.9. The average Bonchev–Trinajstić information content (AvgIpc) is 2.40. The Balaban J connectivity index is 2.79. The zero-order valence-corrected chi connectivity index (χ0v) is 14.8. The summed E-state index contributed by atoms with van der Waals surface area (Å²) in [5, 5.41) is 7.05. The van der Waals surface area contributed by atoms with E-state index in [0.29, 0.717) is 12.1 Å². The smallest absolute Gasteiger partial charge is 0.0208 e. The summed E-state index contributed by atoms with van der Waals surface area (Å²) in [7, 11) is 0. The van der Waals surface area contributed by atoms with Crippen LogP contribution in [-0.2, 0) is 19.5 Å². The summed E-state index contributed by atoms with van der Waals surface area (Å²) in [4.78, 5) is 0. The molecule has 0 fully saturated rings. The number of hydrogen-bond acceptors (Lipinski definition) is 2. The first-order valence-corrected chi connectivity index (χ1v) is 8.45. The van der Waals surface area contributed by atoms with Crippen molar-refractivity contribution in [1.29, 1.82) is 0 Å². The highest BCUT2D eigenvalue weighted by Crippen LogP contribution is 2.15. The van der Waals surface area contributed by atoms with Gasteiger partial charge in [0, 0.05) is 25.2 Å². The molecule has 1 aromatic carbocycles. The maximum Gasteiger partial charge on any atom is 0.0208 e. The first-order valence-electron chi connectivity index (χ1n) is 8.45. The summed E-state index contributed by atoms with van der Waals surface area (Å²) in [6.07, 6.45) is 2.44. The third-order valence-electron chi connectivity index (χ3n) is 3.55. The fourth-order valence-corrected chi connectivity index (χ4v) is 2.29. The van der Waals surface area contributed by atoms with Gasteiger partial charge in [0.2, 0.25) is 0 Å². The van der Waals surface area contributed by atoms with Gasteiger partial charge in [0.15, 0.2) is 0 Å². The van der Waals surface area contributed by atoms with E-state index in [9.17, 15) is 0 Å². The first-order chi connectivity index (χ1) is 9.86. The third kappa shape index (κ3) is 8.23. The highest BCUT2D eigenvalue weighted by Gasteiger charge is 2.04. The van der Waals surface area contributed by atoms with Crippen LogP contribution in [0.15, 0.2) is 18.2 Å². The lowest BCUT2D eigenvalue weighted by molar-refractivity contribution is 0.574. The standard InChI is InChI=1S/C19H34N2/c1-14(2)7-8-17-9-18(12-20-15(3)4)11-19(10-17)13-21-16(5)6/h9-11,14-16,20-21H,7-8,12-13H2,1-6H3. The topological polar surface area (TPSA) is 24.1 Å². The largest absolute Gasteiger partial charge is 0.310 e. The maximum absolute atomic E-state index is 3.53. The Bertz CT molecular complexity index is 334. The van der Waals surface area contributed by atoms with Crippen molar-refractivity contribution >= 4 is 0 Å². The number of hydrogen-bond donors (Lipinski definition) is 2. The Morgan fingerprint density at radius 1 is 0.714 bits per heavy atom. The summed E-state index contributed by atoms with van der Waals surface area (Å²) >= 11 is 0. The molecular weight excluding hydrogens is 256 g/mol. The molecule has 2 heteroatoms. The van der Waals surface area contributed by atoms with Crippen molar-refractivity contribution in [1.82, 2.24) is 10.6 Å². The van der Waals surface area contributed by atoms with Gasteiger partial charge in [0.05, 0.1) is 0 Å².